The van der Waals surface area contributed by atoms with E-state index in [1.54, 1.807) is 60.9 Å². The first-order chi connectivity index (χ1) is 13.1. The number of hydrogen-bond donors (Lipinski definition) is 1. The van der Waals surface area contributed by atoms with Crippen LogP contribution in [0.3, 0.4) is 0 Å². The number of carbonyl (C=O) groups is 2. The summed E-state index contributed by atoms with van der Waals surface area (Å²) in [4.78, 5) is 37.7. The number of aromatic nitrogens is 2. The molecule has 0 fully saturated rings. The molecule has 0 aliphatic carbocycles. The number of benzene rings is 1. The Labute approximate surface area is 170 Å². The molecule has 0 unspecified atom stereocenters. The second-order valence-corrected chi connectivity index (χ2v) is 5.67. The third-order valence-corrected chi connectivity index (χ3v) is 3.98. The van der Waals surface area contributed by atoms with E-state index in [0.717, 1.165) is 5.69 Å². The van der Waals surface area contributed by atoms with E-state index in [9.17, 15) is 9.59 Å². The van der Waals surface area contributed by atoms with Gasteiger partial charge in [-0.3, -0.25) is 19.5 Å². The van der Waals surface area contributed by atoms with Gasteiger partial charge in [0.25, 0.3) is 11.8 Å². The monoisotopic (exact) mass is 472 g/mol. The van der Waals surface area contributed by atoms with Crippen LogP contribution in [0.4, 0.5) is 17.2 Å². The van der Waals surface area contributed by atoms with E-state index in [4.69, 9.17) is 0 Å². The molecule has 7 heteroatoms. The molecule has 4 rings (SSSR count). The van der Waals surface area contributed by atoms with Gasteiger partial charge in [-0.25, -0.2) is 4.98 Å². The van der Waals surface area contributed by atoms with Crippen molar-refractivity contribution in [1.29, 1.82) is 0 Å². The van der Waals surface area contributed by atoms with E-state index in [1.165, 1.54) is 4.90 Å². The molecular formula is C20H17IN4O2. The van der Waals surface area contributed by atoms with Crippen molar-refractivity contribution in [3.8, 4) is 0 Å². The molecule has 1 aliphatic heterocycles. The van der Waals surface area contributed by atoms with Crippen LogP contribution in [-0.2, 0) is 0 Å². The SMILES string of the molecule is CI.Cc1cc(C(=O)N2c3ccccc3C(=O)Nc3cccnc32)ccn1. The Hall–Kier alpha value is -2.81. The molecule has 1 aliphatic rings. The second kappa shape index (κ2) is 8.26. The minimum absolute atomic E-state index is 0.269. The summed E-state index contributed by atoms with van der Waals surface area (Å²) in [5.74, 6) is -0.152. The first-order valence-corrected chi connectivity index (χ1v) is 10.3. The Morgan fingerprint density at radius 1 is 1.04 bits per heavy atom. The zero-order chi connectivity index (χ0) is 19.4. The molecule has 0 saturated carbocycles. The van der Waals surface area contributed by atoms with Gasteiger partial charge in [0.2, 0.25) is 0 Å². The molecule has 0 spiro atoms. The van der Waals surface area contributed by atoms with Gasteiger partial charge < -0.3 is 5.32 Å². The quantitative estimate of drug-likeness (QED) is 0.422. The Kier molecular flexibility index (Phi) is 5.80. The summed E-state index contributed by atoms with van der Waals surface area (Å²) in [7, 11) is 0. The molecule has 0 radical (unpaired) electrons. The second-order valence-electron chi connectivity index (χ2n) is 5.67. The van der Waals surface area contributed by atoms with E-state index in [0.29, 0.717) is 28.3 Å². The van der Waals surface area contributed by atoms with Crippen molar-refractivity contribution in [3.05, 3.63) is 77.7 Å². The number of hydrogen-bond acceptors (Lipinski definition) is 4. The summed E-state index contributed by atoms with van der Waals surface area (Å²) in [6.45, 7) is 1.82. The van der Waals surface area contributed by atoms with Crippen molar-refractivity contribution >= 4 is 51.6 Å². The van der Waals surface area contributed by atoms with Crippen molar-refractivity contribution in [2.24, 2.45) is 0 Å². The number of para-hydroxylation sites is 1. The van der Waals surface area contributed by atoms with Crippen LogP contribution in [-0.4, -0.2) is 26.7 Å². The van der Waals surface area contributed by atoms with Gasteiger partial charge >= 0.3 is 0 Å². The molecule has 1 N–H and O–H groups in total. The lowest BCUT2D eigenvalue weighted by Gasteiger charge is -2.22. The summed E-state index contributed by atoms with van der Waals surface area (Å²) >= 11 is 2.15. The normalized spacial score (nSPS) is 12.0. The van der Waals surface area contributed by atoms with Crippen molar-refractivity contribution in [2.45, 2.75) is 6.92 Å². The third-order valence-electron chi connectivity index (χ3n) is 3.98. The van der Waals surface area contributed by atoms with Gasteiger partial charge in [-0.1, -0.05) is 34.7 Å². The van der Waals surface area contributed by atoms with Gasteiger partial charge in [0.05, 0.1) is 16.9 Å². The Morgan fingerprint density at radius 3 is 2.59 bits per heavy atom. The summed E-state index contributed by atoms with van der Waals surface area (Å²) in [5, 5.41) is 2.82. The highest BCUT2D eigenvalue weighted by Crippen LogP contribution is 2.37. The topological polar surface area (TPSA) is 75.2 Å². The van der Waals surface area contributed by atoms with Crippen molar-refractivity contribution in [2.75, 3.05) is 15.1 Å². The van der Waals surface area contributed by atoms with Crippen LogP contribution in [0, 0.1) is 6.92 Å². The van der Waals surface area contributed by atoms with Crippen LogP contribution in [0.15, 0.2) is 60.9 Å². The largest absolute Gasteiger partial charge is 0.319 e. The standard InChI is InChI=1S/C19H14N4O2.CH3I/c1-12-11-13(8-10-20-12)19(25)23-16-7-3-2-5-14(16)18(24)22-15-6-4-9-21-17(15)23;1-2/h2-11H,1H3,(H,22,24);1H3. The number of aryl methyl sites for hydroxylation is 1. The molecule has 0 atom stereocenters. The van der Waals surface area contributed by atoms with E-state index in [-0.39, 0.29) is 11.8 Å². The number of alkyl halides is 1. The van der Waals surface area contributed by atoms with Crippen molar-refractivity contribution in [1.82, 2.24) is 9.97 Å². The molecule has 27 heavy (non-hydrogen) atoms. The summed E-state index contributed by atoms with van der Waals surface area (Å²) in [5.41, 5.74) is 2.62. The molecule has 3 aromatic rings. The lowest BCUT2D eigenvalue weighted by atomic mass is 10.1. The highest BCUT2D eigenvalue weighted by atomic mass is 127. The van der Waals surface area contributed by atoms with Gasteiger partial charge in [0.1, 0.15) is 0 Å². The van der Waals surface area contributed by atoms with Crippen LogP contribution in [0.1, 0.15) is 26.4 Å². The number of amides is 2. The predicted octanol–water partition coefficient (Wildman–Crippen LogP) is 4.38. The Morgan fingerprint density at radius 2 is 1.81 bits per heavy atom. The number of rotatable bonds is 1. The number of nitrogens with zero attached hydrogens (tertiary/aromatic N) is 3. The maximum absolute atomic E-state index is 13.3. The molecule has 0 saturated heterocycles. The zero-order valence-electron chi connectivity index (χ0n) is 14.8. The van der Waals surface area contributed by atoms with Gasteiger partial charge in [-0.15, -0.1) is 0 Å². The maximum Gasteiger partial charge on any atom is 0.264 e. The smallest absolute Gasteiger partial charge is 0.264 e. The zero-order valence-corrected chi connectivity index (χ0v) is 17.0. The molecule has 1 aromatic carbocycles. The average molecular weight is 472 g/mol. The highest BCUT2D eigenvalue weighted by Gasteiger charge is 2.30. The predicted molar refractivity (Wildman–Crippen MR) is 114 cm³/mol. The van der Waals surface area contributed by atoms with Crippen LogP contribution < -0.4 is 10.2 Å². The van der Waals surface area contributed by atoms with E-state index >= 15 is 0 Å². The number of pyridine rings is 2. The van der Waals surface area contributed by atoms with Gasteiger partial charge in [0.15, 0.2) is 5.82 Å². The van der Waals surface area contributed by atoms with E-state index < -0.39 is 0 Å². The number of halogens is 1. The lowest BCUT2D eigenvalue weighted by molar-refractivity contribution is 0.0998. The molecule has 3 heterocycles. The van der Waals surface area contributed by atoms with Crippen molar-refractivity contribution < 1.29 is 9.59 Å². The first kappa shape index (κ1) is 19.0. The highest BCUT2D eigenvalue weighted by molar-refractivity contribution is 14.1. The van der Waals surface area contributed by atoms with Crippen LogP contribution in [0.2, 0.25) is 0 Å². The van der Waals surface area contributed by atoms with Gasteiger partial charge in [-0.2, -0.15) is 0 Å². The van der Waals surface area contributed by atoms with E-state index in [2.05, 4.69) is 37.9 Å². The average Bonchev–Trinajstić information content (AvgIpc) is 2.83. The molecule has 0 bridgehead atoms. The number of nitrogens with one attached hydrogen (secondary N) is 1. The molecular weight excluding hydrogens is 455 g/mol. The fourth-order valence-electron chi connectivity index (χ4n) is 2.85. The summed E-state index contributed by atoms with van der Waals surface area (Å²) in [6.07, 6.45) is 3.19. The number of fused-ring (bicyclic) bond motifs is 2. The molecule has 2 aromatic heterocycles. The first-order valence-electron chi connectivity index (χ1n) is 8.15. The molecule has 2 amide bonds. The Balaban J connectivity index is 0.00000102. The molecule has 6 nitrogen and oxygen atoms in total. The van der Waals surface area contributed by atoms with Crippen LogP contribution in [0.5, 0.6) is 0 Å². The fourth-order valence-corrected chi connectivity index (χ4v) is 2.85. The number of anilines is 3. The van der Waals surface area contributed by atoms with Gasteiger partial charge in [-0.05, 0) is 48.3 Å². The minimum Gasteiger partial charge on any atom is -0.319 e. The van der Waals surface area contributed by atoms with Crippen molar-refractivity contribution in [3.63, 3.8) is 0 Å². The van der Waals surface area contributed by atoms with Crippen LogP contribution in [0.25, 0.3) is 0 Å². The minimum atomic E-state index is -0.272. The maximum atomic E-state index is 13.3. The number of carbonyl (C=O) groups excluding carboxylic acids is 2. The van der Waals surface area contributed by atoms with Crippen LogP contribution >= 0.6 is 22.6 Å². The van der Waals surface area contributed by atoms with Gasteiger partial charge in [0, 0.05) is 23.7 Å². The van der Waals surface area contributed by atoms with E-state index in [1.807, 2.05) is 11.9 Å². The lowest BCUT2D eigenvalue weighted by Crippen LogP contribution is -2.27. The Bertz CT molecular complexity index is 1010. The summed E-state index contributed by atoms with van der Waals surface area (Å²) in [6, 6.07) is 13.8. The third kappa shape index (κ3) is 3.68. The fraction of sp³-hybridized carbons (Fsp3) is 0.100. The molecule has 136 valence electrons. The summed E-state index contributed by atoms with van der Waals surface area (Å²) < 4.78 is 0.